The quantitative estimate of drug-likeness (QED) is 0.657. The van der Waals surface area contributed by atoms with E-state index in [9.17, 15) is 9.90 Å². The van der Waals surface area contributed by atoms with Crippen LogP contribution in [0.25, 0.3) is 0 Å². The average Bonchev–Trinajstić information content (AvgIpc) is 2.55. The van der Waals surface area contributed by atoms with Crippen molar-refractivity contribution < 1.29 is 19.4 Å². The molecule has 0 saturated heterocycles. The lowest BCUT2D eigenvalue weighted by molar-refractivity contribution is -0.143. The molecule has 0 aliphatic carbocycles. The van der Waals surface area contributed by atoms with E-state index in [1.54, 1.807) is 18.2 Å². The lowest BCUT2D eigenvalue weighted by atomic mass is 10.2. The third kappa shape index (κ3) is 4.34. The summed E-state index contributed by atoms with van der Waals surface area (Å²) in [6.45, 7) is 0.114. The maximum absolute atomic E-state index is 11.6. The van der Waals surface area contributed by atoms with Gasteiger partial charge in [0.25, 0.3) is 0 Å². The van der Waals surface area contributed by atoms with Gasteiger partial charge in [0.15, 0.2) is 11.5 Å². The minimum absolute atomic E-state index is 0.00796. The van der Waals surface area contributed by atoms with Crippen molar-refractivity contribution in [2.45, 2.75) is 6.61 Å². The van der Waals surface area contributed by atoms with E-state index in [1.165, 1.54) is 13.3 Å². The fraction of sp³-hybridized carbons (Fsp3) is 0.176. The Hall–Kier alpha value is -2.82. The first-order valence-electron chi connectivity index (χ1n) is 6.76. The molecule has 2 aromatic rings. The van der Waals surface area contributed by atoms with Crippen molar-refractivity contribution in [3.05, 3.63) is 59.7 Å². The molecule has 5 nitrogen and oxygen atoms in total. The molecule has 0 aliphatic rings. The summed E-state index contributed by atoms with van der Waals surface area (Å²) < 4.78 is 10.1. The summed E-state index contributed by atoms with van der Waals surface area (Å²) in [6.07, 6.45) is 1.42. The van der Waals surface area contributed by atoms with E-state index in [2.05, 4.69) is 4.99 Å². The van der Waals surface area contributed by atoms with Gasteiger partial charge in [0, 0.05) is 11.8 Å². The minimum Gasteiger partial charge on any atom is -0.504 e. The first-order chi connectivity index (χ1) is 10.7. The average molecular weight is 299 g/mol. The number of carbonyl (C=O) groups excluding carboxylic acids is 1. The molecule has 1 N–H and O–H groups in total. The number of aromatic hydroxyl groups is 1. The number of phenols is 1. The second kappa shape index (κ2) is 7.83. The van der Waals surface area contributed by atoms with Crippen LogP contribution in [0.3, 0.4) is 0 Å². The molecule has 2 rings (SSSR count). The molecule has 5 heteroatoms. The number of aliphatic imine (C=N–C) groups is 1. The van der Waals surface area contributed by atoms with Crippen molar-refractivity contribution in [3.8, 4) is 11.5 Å². The Bertz CT molecular complexity index is 653. The van der Waals surface area contributed by atoms with Crippen LogP contribution in [0, 0.1) is 0 Å². The van der Waals surface area contributed by atoms with Gasteiger partial charge >= 0.3 is 5.97 Å². The Morgan fingerprint density at radius 1 is 1.18 bits per heavy atom. The molecule has 0 bridgehead atoms. The third-order valence-electron chi connectivity index (χ3n) is 2.94. The monoisotopic (exact) mass is 299 g/mol. The largest absolute Gasteiger partial charge is 0.504 e. The molecule has 114 valence electrons. The third-order valence-corrected chi connectivity index (χ3v) is 2.94. The molecule has 0 aromatic heterocycles. The highest BCUT2D eigenvalue weighted by atomic mass is 16.5. The van der Waals surface area contributed by atoms with E-state index in [-0.39, 0.29) is 18.9 Å². The van der Waals surface area contributed by atoms with Crippen molar-refractivity contribution in [2.75, 3.05) is 13.7 Å². The van der Waals surface area contributed by atoms with Crippen molar-refractivity contribution in [1.29, 1.82) is 0 Å². The summed E-state index contributed by atoms with van der Waals surface area (Å²) in [5.74, 6) is -0.0792. The van der Waals surface area contributed by atoms with Crippen LogP contribution in [-0.4, -0.2) is 30.9 Å². The predicted molar refractivity (Wildman–Crippen MR) is 83.4 cm³/mol. The molecular weight excluding hydrogens is 282 g/mol. The first kappa shape index (κ1) is 15.6. The van der Waals surface area contributed by atoms with Crippen LogP contribution in [0.1, 0.15) is 11.1 Å². The normalized spacial score (nSPS) is 10.6. The number of hydrogen-bond acceptors (Lipinski definition) is 5. The summed E-state index contributed by atoms with van der Waals surface area (Å²) in [6, 6.07) is 14.5. The van der Waals surface area contributed by atoms with E-state index in [4.69, 9.17) is 9.47 Å². The van der Waals surface area contributed by atoms with Crippen LogP contribution < -0.4 is 4.74 Å². The first-order valence-corrected chi connectivity index (χ1v) is 6.76. The van der Waals surface area contributed by atoms with Gasteiger partial charge in [-0.25, -0.2) is 0 Å². The van der Waals surface area contributed by atoms with Crippen molar-refractivity contribution in [2.24, 2.45) is 4.99 Å². The lowest BCUT2D eigenvalue weighted by Crippen LogP contribution is -2.08. The molecule has 0 saturated carbocycles. The number of ether oxygens (including phenoxy) is 2. The number of phenolic OH excluding ortho intramolecular Hbond substituents is 1. The zero-order valence-corrected chi connectivity index (χ0v) is 12.2. The SMILES string of the molecule is COc1cccc(C=NCC(=O)OCc2ccccc2)c1O. The van der Waals surface area contributed by atoms with Crippen LogP contribution in [0.2, 0.25) is 0 Å². The topological polar surface area (TPSA) is 68.1 Å². The van der Waals surface area contributed by atoms with Gasteiger partial charge < -0.3 is 14.6 Å². The Labute approximate surface area is 128 Å². The molecular formula is C17H17NO4. The summed E-state index contributed by atoms with van der Waals surface area (Å²) >= 11 is 0. The maximum atomic E-state index is 11.6. The van der Waals surface area contributed by atoms with Gasteiger partial charge in [-0.2, -0.15) is 0 Å². The fourth-order valence-corrected chi connectivity index (χ4v) is 1.81. The Balaban J connectivity index is 1.86. The Morgan fingerprint density at radius 3 is 2.68 bits per heavy atom. The number of methoxy groups -OCH3 is 1. The van der Waals surface area contributed by atoms with Gasteiger partial charge in [0.05, 0.1) is 7.11 Å². The van der Waals surface area contributed by atoms with Gasteiger partial charge in [0.1, 0.15) is 13.2 Å². The number of esters is 1. The standard InChI is InChI=1S/C17H17NO4/c1-21-15-9-5-8-14(17(15)20)10-18-11-16(19)22-12-13-6-3-2-4-7-13/h2-10,20H,11-12H2,1H3. The number of nitrogens with zero attached hydrogens (tertiary/aromatic N) is 1. The minimum atomic E-state index is -0.428. The van der Waals surface area contributed by atoms with Crippen LogP contribution in [0.15, 0.2) is 53.5 Å². The number of benzene rings is 2. The van der Waals surface area contributed by atoms with E-state index < -0.39 is 5.97 Å². The maximum Gasteiger partial charge on any atom is 0.328 e. The number of para-hydroxylation sites is 1. The van der Waals surface area contributed by atoms with E-state index in [0.717, 1.165) is 5.56 Å². The Morgan fingerprint density at radius 2 is 1.95 bits per heavy atom. The predicted octanol–water partition coefficient (Wildman–Crippen LogP) is 2.56. The van der Waals surface area contributed by atoms with Crippen LogP contribution in [0.4, 0.5) is 0 Å². The summed E-state index contributed by atoms with van der Waals surface area (Å²) in [5, 5.41) is 9.87. The van der Waals surface area contributed by atoms with Gasteiger partial charge in [0.2, 0.25) is 0 Å². The molecule has 0 heterocycles. The second-order valence-corrected chi connectivity index (χ2v) is 4.51. The summed E-state index contributed by atoms with van der Waals surface area (Å²) in [5.41, 5.74) is 1.40. The number of carbonyl (C=O) groups is 1. The van der Waals surface area contributed by atoms with Gasteiger partial charge in [-0.15, -0.1) is 0 Å². The van der Waals surface area contributed by atoms with Gasteiger partial charge in [-0.3, -0.25) is 9.79 Å². The van der Waals surface area contributed by atoms with Crippen molar-refractivity contribution in [1.82, 2.24) is 0 Å². The second-order valence-electron chi connectivity index (χ2n) is 4.51. The highest BCUT2D eigenvalue weighted by molar-refractivity contribution is 5.86. The molecule has 0 fully saturated rings. The smallest absolute Gasteiger partial charge is 0.328 e. The summed E-state index contributed by atoms with van der Waals surface area (Å²) in [4.78, 5) is 15.6. The van der Waals surface area contributed by atoms with Crippen molar-refractivity contribution in [3.63, 3.8) is 0 Å². The highest BCUT2D eigenvalue weighted by Crippen LogP contribution is 2.27. The fourth-order valence-electron chi connectivity index (χ4n) is 1.81. The lowest BCUT2D eigenvalue weighted by Gasteiger charge is -2.05. The molecule has 0 atom stereocenters. The van der Waals surface area contributed by atoms with E-state index >= 15 is 0 Å². The molecule has 0 amide bonds. The molecule has 0 unspecified atom stereocenters. The van der Waals surface area contributed by atoms with E-state index in [0.29, 0.717) is 11.3 Å². The zero-order chi connectivity index (χ0) is 15.8. The molecule has 22 heavy (non-hydrogen) atoms. The van der Waals surface area contributed by atoms with Gasteiger partial charge in [-0.05, 0) is 17.7 Å². The highest BCUT2D eigenvalue weighted by Gasteiger charge is 2.05. The zero-order valence-electron chi connectivity index (χ0n) is 12.2. The van der Waals surface area contributed by atoms with Crippen molar-refractivity contribution >= 4 is 12.2 Å². The number of rotatable bonds is 6. The molecule has 0 radical (unpaired) electrons. The van der Waals surface area contributed by atoms with Crippen LogP contribution in [0.5, 0.6) is 11.5 Å². The Kier molecular flexibility index (Phi) is 5.54. The van der Waals surface area contributed by atoms with Crippen LogP contribution >= 0.6 is 0 Å². The number of hydrogen-bond donors (Lipinski definition) is 1. The van der Waals surface area contributed by atoms with Gasteiger partial charge in [-0.1, -0.05) is 36.4 Å². The molecule has 2 aromatic carbocycles. The van der Waals surface area contributed by atoms with Crippen LogP contribution in [-0.2, 0) is 16.1 Å². The molecule has 0 aliphatic heterocycles. The summed E-state index contributed by atoms with van der Waals surface area (Å²) in [7, 11) is 1.47. The molecule has 0 spiro atoms. The van der Waals surface area contributed by atoms with E-state index in [1.807, 2.05) is 30.3 Å².